The molecule has 7 atom stereocenters. The zero-order valence-corrected chi connectivity index (χ0v) is 18.9. The summed E-state index contributed by atoms with van der Waals surface area (Å²) in [5.74, 6) is -0.766. The summed E-state index contributed by atoms with van der Waals surface area (Å²) < 4.78 is 23.7. The average molecular weight is 425 g/mol. The van der Waals surface area contributed by atoms with Gasteiger partial charge in [0, 0.05) is 7.11 Å². The number of amides is 2. The van der Waals surface area contributed by atoms with Crippen molar-refractivity contribution in [3.05, 3.63) is 11.6 Å². The summed E-state index contributed by atoms with van der Waals surface area (Å²) in [5, 5.41) is 2.59. The summed E-state index contributed by atoms with van der Waals surface area (Å²) in [7, 11) is 1.63. The molecule has 3 N–H and O–H groups in total. The minimum atomic E-state index is -0.784. The number of hydrogen-bond acceptors (Lipinski definition) is 6. The summed E-state index contributed by atoms with van der Waals surface area (Å²) >= 11 is 0. The summed E-state index contributed by atoms with van der Waals surface area (Å²) in [5.41, 5.74) is 5.98. The van der Waals surface area contributed by atoms with Crippen molar-refractivity contribution in [2.45, 2.75) is 89.4 Å². The monoisotopic (exact) mass is 424 g/mol. The van der Waals surface area contributed by atoms with Crippen LogP contribution in [0.3, 0.4) is 0 Å². The van der Waals surface area contributed by atoms with Crippen LogP contribution < -0.4 is 11.1 Å². The Kier molecular flexibility index (Phi) is 6.51. The van der Waals surface area contributed by atoms with Gasteiger partial charge in [-0.3, -0.25) is 4.79 Å². The highest BCUT2D eigenvalue weighted by Crippen LogP contribution is 2.59. The highest BCUT2D eigenvalue weighted by atomic mass is 16.6. The van der Waals surface area contributed by atoms with E-state index in [1.807, 2.05) is 13.8 Å². The minimum Gasteiger partial charge on any atom is -0.443 e. The van der Waals surface area contributed by atoms with Crippen molar-refractivity contribution in [3.8, 4) is 0 Å². The second kappa shape index (κ2) is 8.48. The lowest BCUT2D eigenvalue weighted by molar-refractivity contribution is -0.123. The number of epoxide rings is 2. The van der Waals surface area contributed by atoms with Crippen LogP contribution in [0.5, 0.6) is 0 Å². The van der Waals surface area contributed by atoms with E-state index in [2.05, 4.69) is 32.2 Å². The number of rotatable bonds is 8. The normalized spacial score (nSPS) is 38.1. The number of ether oxygens (including phenoxy) is 4. The average Bonchev–Trinajstić information content (AvgIpc) is 3.56. The molecule has 2 heterocycles. The van der Waals surface area contributed by atoms with Crippen LogP contribution in [0, 0.1) is 11.8 Å². The molecule has 0 radical (unpaired) electrons. The number of allylic oxidation sites excluding steroid dienone is 1. The quantitative estimate of drug-likeness (QED) is 0.456. The zero-order valence-electron chi connectivity index (χ0n) is 18.9. The predicted octanol–water partition coefficient (Wildman–Crippen LogP) is 2.30. The van der Waals surface area contributed by atoms with Gasteiger partial charge < -0.3 is 30.0 Å². The third-order valence-corrected chi connectivity index (χ3v) is 6.74. The van der Waals surface area contributed by atoms with Crippen molar-refractivity contribution in [3.63, 3.8) is 0 Å². The molecular weight excluding hydrogens is 388 g/mol. The van der Waals surface area contributed by atoms with Gasteiger partial charge >= 0.3 is 6.09 Å². The maximum Gasteiger partial charge on any atom is 0.408 e. The Hall–Kier alpha value is -1.64. The number of nitrogens with two attached hydrogens (primary N) is 1. The van der Waals surface area contributed by atoms with Crippen LogP contribution in [0.25, 0.3) is 0 Å². The van der Waals surface area contributed by atoms with E-state index in [0.717, 1.165) is 12.8 Å². The van der Waals surface area contributed by atoms with Crippen LogP contribution in [-0.4, -0.2) is 61.3 Å². The van der Waals surface area contributed by atoms with Crippen molar-refractivity contribution in [2.75, 3.05) is 13.7 Å². The van der Waals surface area contributed by atoms with Gasteiger partial charge in [0.15, 0.2) is 0 Å². The Morgan fingerprint density at radius 2 is 2.00 bits per heavy atom. The molecule has 0 bridgehead atoms. The molecule has 0 aromatic heterocycles. The van der Waals surface area contributed by atoms with Crippen LogP contribution in [0.2, 0.25) is 0 Å². The third-order valence-electron chi connectivity index (χ3n) is 6.74. The number of hydrogen-bond donors (Lipinski definition) is 2. The van der Waals surface area contributed by atoms with Gasteiger partial charge in [0.25, 0.3) is 0 Å². The van der Waals surface area contributed by atoms with Crippen molar-refractivity contribution in [1.29, 1.82) is 0 Å². The number of alkyl carbamates (subject to hydrolysis) is 1. The number of methoxy groups -OCH3 is 1. The molecule has 1 spiro atoms. The van der Waals surface area contributed by atoms with E-state index < -0.39 is 29.7 Å². The Morgan fingerprint density at radius 1 is 1.33 bits per heavy atom. The fraction of sp³-hybridized carbons (Fsp3) is 0.818. The van der Waals surface area contributed by atoms with Gasteiger partial charge in [0.2, 0.25) is 5.91 Å². The van der Waals surface area contributed by atoms with Crippen LogP contribution in [0.1, 0.15) is 53.9 Å². The Balaban J connectivity index is 1.71. The summed E-state index contributed by atoms with van der Waals surface area (Å²) in [6, 6.07) is -0.784. The maximum absolute atomic E-state index is 12.5. The molecule has 0 aromatic rings. The SMILES string of the molecule is CO[C@@H]1[C@H](OC(=O)NC(C(N)=O)C(C)C)CC[C@]2(CO2)[C@H]1[C@@]1(C)O[C@@H]1CC=C(C)C. The van der Waals surface area contributed by atoms with E-state index in [9.17, 15) is 9.59 Å². The topological polar surface area (TPSA) is 116 Å². The molecule has 0 aromatic carbocycles. The molecule has 1 aliphatic carbocycles. The van der Waals surface area contributed by atoms with Crippen LogP contribution in [0.15, 0.2) is 11.6 Å². The van der Waals surface area contributed by atoms with Crippen LogP contribution in [-0.2, 0) is 23.7 Å². The second-order valence-corrected chi connectivity index (χ2v) is 9.59. The van der Waals surface area contributed by atoms with Gasteiger partial charge in [-0.25, -0.2) is 4.79 Å². The highest BCUT2D eigenvalue weighted by molar-refractivity contribution is 5.84. The standard InChI is InChI=1S/C22H36N2O6/c1-12(2)7-8-15-21(5,30-15)18-17(27-6)14(9-10-22(18)11-28-22)29-20(26)24-16(13(3)4)19(23)25/h7,13-18H,8-11H2,1-6H3,(H2,23,25)(H,24,26)/t14-,15-,16?,17-,18-,21+,22+/m1/s1. The molecule has 3 fully saturated rings. The van der Waals surface area contributed by atoms with E-state index in [1.165, 1.54) is 5.57 Å². The van der Waals surface area contributed by atoms with Gasteiger partial charge in [-0.05, 0) is 46.0 Å². The Morgan fingerprint density at radius 3 is 2.50 bits per heavy atom. The predicted molar refractivity (Wildman–Crippen MR) is 111 cm³/mol. The van der Waals surface area contributed by atoms with Crippen molar-refractivity contribution >= 4 is 12.0 Å². The lowest BCUT2D eigenvalue weighted by atomic mass is 9.68. The summed E-state index contributed by atoms with van der Waals surface area (Å²) in [4.78, 5) is 24.1. The molecule has 170 valence electrons. The first kappa shape index (κ1) is 23.0. The molecule has 2 amide bonds. The molecule has 2 aliphatic heterocycles. The summed E-state index contributed by atoms with van der Waals surface area (Å²) in [6.45, 7) is 10.5. The van der Waals surface area contributed by atoms with E-state index in [-0.39, 0.29) is 29.6 Å². The summed E-state index contributed by atoms with van der Waals surface area (Å²) in [6.07, 6.45) is 3.02. The smallest absolute Gasteiger partial charge is 0.408 e. The fourth-order valence-electron chi connectivity index (χ4n) is 4.94. The van der Waals surface area contributed by atoms with E-state index in [4.69, 9.17) is 24.7 Å². The molecular formula is C22H36N2O6. The van der Waals surface area contributed by atoms with E-state index in [0.29, 0.717) is 13.0 Å². The zero-order chi connectivity index (χ0) is 22.3. The highest BCUT2D eigenvalue weighted by Gasteiger charge is 2.72. The van der Waals surface area contributed by atoms with E-state index in [1.54, 1.807) is 7.11 Å². The van der Waals surface area contributed by atoms with Gasteiger partial charge in [-0.15, -0.1) is 0 Å². The molecule has 8 nitrogen and oxygen atoms in total. The minimum absolute atomic E-state index is 0.0471. The molecule has 3 rings (SSSR count). The Labute approximate surface area is 178 Å². The number of carbonyl (C=O) groups is 2. The molecule has 3 aliphatic rings. The Bertz CT molecular complexity index is 700. The van der Waals surface area contributed by atoms with Crippen molar-refractivity contribution < 1.29 is 28.5 Å². The largest absolute Gasteiger partial charge is 0.443 e. The van der Waals surface area contributed by atoms with Crippen LogP contribution in [0.4, 0.5) is 4.79 Å². The molecule has 2 saturated heterocycles. The van der Waals surface area contributed by atoms with E-state index >= 15 is 0 Å². The number of nitrogens with one attached hydrogen (secondary N) is 1. The molecule has 1 saturated carbocycles. The maximum atomic E-state index is 12.5. The van der Waals surface area contributed by atoms with Gasteiger partial charge in [0.05, 0.1) is 18.6 Å². The lowest BCUT2D eigenvalue weighted by Gasteiger charge is -2.42. The van der Waals surface area contributed by atoms with Crippen molar-refractivity contribution in [1.82, 2.24) is 5.32 Å². The van der Waals surface area contributed by atoms with Crippen LogP contribution >= 0.6 is 0 Å². The van der Waals surface area contributed by atoms with Crippen molar-refractivity contribution in [2.24, 2.45) is 17.6 Å². The molecule has 1 unspecified atom stereocenters. The fourth-order valence-corrected chi connectivity index (χ4v) is 4.94. The lowest BCUT2D eigenvalue weighted by Crippen LogP contribution is -2.57. The number of carbonyl (C=O) groups excluding carboxylic acids is 2. The van der Waals surface area contributed by atoms with Gasteiger partial charge in [0.1, 0.15) is 29.5 Å². The third kappa shape index (κ3) is 4.50. The molecule has 8 heteroatoms. The van der Waals surface area contributed by atoms with Gasteiger partial charge in [-0.1, -0.05) is 25.5 Å². The molecule has 30 heavy (non-hydrogen) atoms. The first-order valence-corrected chi connectivity index (χ1v) is 10.8. The number of primary amides is 1. The van der Waals surface area contributed by atoms with Gasteiger partial charge in [-0.2, -0.15) is 0 Å². The first-order valence-electron chi connectivity index (χ1n) is 10.8. The first-order chi connectivity index (χ1) is 14.0. The second-order valence-electron chi connectivity index (χ2n) is 9.59.